The zero-order chi connectivity index (χ0) is 22.5. The number of anilines is 2. The first-order valence-electron chi connectivity index (χ1n) is 10.4. The van der Waals surface area contributed by atoms with Gasteiger partial charge in [-0.15, -0.1) is 0 Å². The number of amides is 2. The minimum Gasteiger partial charge on any atom is -0.366 e. The van der Waals surface area contributed by atoms with Crippen molar-refractivity contribution in [2.75, 3.05) is 36.4 Å². The van der Waals surface area contributed by atoms with Crippen LogP contribution in [0.4, 0.5) is 15.8 Å². The summed E-state index contributed by atoms with van der Waals surface area (Å²) in [5.41, 5.74) is 2.48. The Labute approximate surface area is 191 Å². The fraction of sp³-hybridized carbons (Fsp3) is 0.200. The fourth-order valence-electron chi connectivity index (χ4n) is 3.82. The summed E-state index contributed by atoms with van der Waals surface area (Å²) in [6.45, 7) is 2.02. The highest BCUT2D eigenvalue weighted by Gasteiger charge is 2.25. The Hall–Kier alpha value is -3.38. The van der Waals surface area contributed by atoms with Crippen LogP contribution in [-0.2, 0) is 11.2 Å². The summed E-state index contributed by atoms with van der Waals surface area (Å²) in [6.07, 6.45) is 0.262. The monoisotopic (exact) mass is 451 g/mol. The minimum atomic E-state index is -0.513. The van der Waals surface area contributed by atoms with E-state index in [1.165, 1.54) is 12.1 Å². The molecule has 0 aromatic heterocycles. The minimum absolute atomic E-state index is 0.0845. The molecule has 7 heteroatoms. The molecule has 0 aliphatic carbocycles. The van der Waals surface area contributed by atoms with E-state index in [0.717, 1.165) is 11.3 Å². The van der Waals surface area contributed by atoms with Crippen molar-refractivity contribution in [2.45, 2.75) is 6.42 Å². The lowest BCUT2D eigenvalue weighted by atomic mass is 10.1. The van der Waals surface area contributed by atoms with Crippen LogP contribution in [0.25, 0.3) is 0 Å². The van der Waals surface area contributed by atoms with Crippen molar-refractivity contribution in [1.82, 2.24) is 4.90 Å². The molecule has 5 nitrogen and oxygen atoms in total. The van der Waals surface area contributed by atoms with Crippen molar-refractivity contribution in [1.29, 1.82) is 0 Å². The first-order chi connectivity index (χ1) is 15.5. The molecule has 0 bridgehead atoms. The molecule has 1 N–H and O–H groups in total. The standard InChI is InChI=1S/C25H23ClFN3O2/c26-19-10-11-23(22(17-19)28-24(31)16-18-6-2-1-3-7-18)29-12-14-30(15-13-29)25(32)20-8-4-5-9-21(20)27/h1-11,17H,12-16H2,(H,28,31). The van der Waals surface area contributed by atoms with E-state index in [0.29, 0.717) is 36.9 Å². The predicted octanol–water partition coefficient (Wildman–Crippen LogP) is 4.62. The SMILES string of the molecule is O=C(Cc1ccccc1)Nc1cc(Cl)ccc1N1CCN(C(=O)c2ccccc2F)CC1. The molecular weight excluding hydrogens is 429 g/mol. The van der Waals surface area contributed by atoms with E-state index >= 15 is 0 Å². The normalized spacial score (nSPS) is 13.7. The van der Waals surface area contributed by atoms with Crippen molar-refractivity contribution in [2.24, 2.45) is 0 Å². The number of carbonyl (C=O) groups is 2. The van der Waals surface area contributed by atoms with Crippen molar-refractivity contribution >= 4 is 34.8 Å². The van der Waals surface area contributed by atoms with Gasteiger partial charge in [-0.25, -0.2) is 4.39 Å². The molecule has 164 valence electrons. The summed E-state index contributed by atoms with van der Waals surface area (Å²) >= 11 is 6.19. The van der Waals surface area contributed by atoms with Gasteiger partial charge in [-0.05, 0) is 35.9 Å². The van der Waals surface area contributed by atoms with Gasteiger partial charge < -0.3 is 15.1 Å². The third-order valence-corrected chi connectivity index (χ3v) is 5.69. The van der Waals surface area contributed by atoms with Crippen LogP contribution in [0, 0.1) is 5.82 Å². The van der Waals surface area contributed by atoms with Gasteiger partial charge in [0.1, 0.15) is 5.82 Å². The Morgan fingerprint density at radius 3 is 2.31 bits per heavy atom. The molecule has 1 fully saturated rings. The lowest BCUT2D eigenvalue weighted by Gasteiger charge is -2.37. The molecule has 1 aliphatic rings. The van der Waals surface area contributed by atoms with E-state index in [4.69, 9.17) is 11.6 Å². The summed E-state index contributed by atoms with van der Waals surface area (Å²) in [5, 5.41) is 3.49. The van der Waals surface area contributed by atoms with E-state index in [9.17, 15) is 14.0 Å². The second kappa shape index (κ2) is 9.83. The summed E-state index contributed by atoms with van der Waals surface area (Å²) in [5.74, 6) is -0.954. The van der Waals surface area contributed by atoms with Crippen LogP contribution in [0.15, 0.2) is 72.8 Å². The van der Waals surface area contributed by atoms with E-state index in [2.05, 4.69) is 10.2 Å². The number of hydrogen-bond donors (Lipinski definition) is 1. The summed E-state index contributed by atoms with van der Waals surface area (Å²) in [4.78, 5) is 29.0. The molecule has 32 heavy (non-hydrogen) atoms. The van der Waals surface area contributed by atoms with E-state index in [1.807, 2.05) is 36.4 Å². The Balaban J connectivity index is 1.44. The lowest BCUT2D eigenvalue weighted by Crippen LogP contribution is -2.49. The van der Waals surface area contributed by atoms with Gasteiger partial charge in [0.25, 0.3) is 5.91 Å². The summed E-state index contributed by atoms with van der Waals surface area (Å²) in [6, 6.07) is 20.9. The molecule has 4 rings (SSSR count). The topological polar surface area (TPSA) is 52.7 Å². The van der Waals surface area contributed by atoms with Gasteiger partial charge in [0.05, 0.1) is 23.4 Å². The first-order valence-corrected chi connectivity index (χ1v) is 10.8. The third-order valence-electron chi connectivity index (χ3n) is 5.45. The molecule has 2 amide bonds. The smallest absolute Gasteiger partial charge is 0.256 e. The maximum atomic E-state index is 14.0. The second-order valence-corrected chi connectivity index (χ2v) is 8.07. The average Bonchev–Trinajstić information content (AvgIpc) is 2.80. The van der Waals surface area contributed by atoms with Crippen LogP contribution in [0.2, 0.25) is 5.02 Å². The average molecular weight is 452 g/mol. The number of hydrogen-bond acceptors (Lipinski definition) is 3. The maximum absolute atomic E-state index is 14.0. The summed E-state index contributed by atoms with van der Waals surface area (Å²) in [7, 11) is 0. The van der Waals surface area contributed by atoms with E-state index in [-0.39, 0.29) is 23.8 Å². The summed E-state index contributed by atoms with van der Waals surface area (Å²) < 4.78 is 14.0. The molecule has 3 aromatic carbocycles. The Bertz CT molecular complexity index is 1120. The van der Waals surface area contributed by atoms with Gasteiger partial charge in [0.2, 0.25) is 5.91 Å². The maximum Gasteiger partial charge on any atom is 0.256 e. The lowest BCUT2D eigenvalue weighted by molar-refractivity contribution is -0.115. The van der Waals surface area contributed by atoms with Gasteiger partial charge in [0, 0.05) is 31.2 Å². The van der Waals surface area contributed by atoms with Crippen LogP contribution in [0.1, 0.15) is 15.9 Å². The highest BCUT2D eigenvalue weighted by atomic mass is 35.5. The van der Waals surface area contributed by atoms with Gasteiger partial charge in [-0.2, -0.15) is 0 Å². The van der Waals surface area contributed by atoms with E-state index < -0.39 is 5.82 Å². The van der Waals surface area contributed by atoms with Crippen molar-refractivity contribution in [3.63, 3.8) is 0 Å². The molecule has 1 heterocycles. The number of halogens is 2. The van der Waals surface area contributed by atoms with Crippen molar-refractivity contribution < 1.29 is 14.0 Å². The molecular formula is C25H23ClFN3O2. The van der Waals surface area contributed by atoms with Crippen molar-refractivity contribution in [3.8, 4) is 0 Å². The number of nitrogens with zero attached hydrogens (tertiary/aromatic N) is 2. The third kappa shape index (κ3) is 5.08. The largest absolute Gasteiger partial charge is 0.366 e. The number of benzene rings is 3. The highest BCUT2D eigenvalue weighted by molar-refractivity contribution is 6.31. The van der Waals surface area contributed by atoms with Crippen LogP contribution in [0.5, 0.6) is 0 Å². The highest BCUT2D eigenvalue weighted by Crippen LogP contribution is 2.30. The fourth-order valence-corrected chi connectivity index (χ4v) is 3.99. The predicted molar refractivity (Wildman–Crippen MR) is 125 cm³/mol. The van der Waals surface area contributed by atoms with Crippen LogP contribution >= 0.6 is 11.6 Å². The molecule has 0 radical (unpaired) electrons. The van der Waals surface area contributed by atoms with E-state index in [1.54, 1.807) is 29.2 Å². The Morgan fingerprint density at radius 1 is 0.906 bits per heavy atom. The molecule has 0 atom stereocenters. The number of piperazine rings is 1. The Morgan fingerprint density at radius 2 is 1.59 bits per heavy atom. The molecule has 0 spiro atoms. The van der Waals surface area contributed by atoms with Crippen LogP contribution in [0.3, 0.4) is 0 Å². The quantitative estimate of drug-likeness (QED) is 0.615. The van der Waals surface area contributed by atoms with Gasteiger partial charge in [-0.1, -0.05) is 54.1 Å². The van der Waals surface area contributed by atoms with Gasteiger partial charge >= 0.3 is 0 Å². The van der Waals surface area contributed by atoms with Crippen LogP contribution in [-0.4, -0.2) is 42.9 Å². The zero-order valence-electron chi connectivity index (χ0n) is 17.4. The second-order valence-electron chi connectivity index (χ2n) is 7.63. The molecule has 1 aliphatic heterocycles. The first kappa shape index (κ1) is 21.8. The van der Waals surface area contributed by atoms with Crippen LogP contribution < -0.4 is 10.2 Å². The van der Waals surface area contributed by atoms with Gasteiger partial charge in [0.15, 0.2) is 0 Å². The number of carbonyl (C=O) groups excluding carboxylic acids is 2. The molecule has 3 aromatic rings. The molecule has 1 saturated heterocycles. The van der Waals surface area contributed by atoms with Gasteiger partial charge in [-0.3, -0.25) is 9.59 Å². The number of rotatable bonds is 5. The molecule has 0 unspecified atom stereocenters. The number of nitrogens with one attached hydrogen (secondary N) is 1. The Kier molecular flexibility index (Phi) is 6.71. The zero-order valence-corrected chi connectivity index (χ0v) is 18.2. The molecule has 0 saturated carbocycles. The van der Waals surface area contributed by atoms with Crippen molar-refractivity contribution in [3.05, 3.63) is 94.8 Å².